The van der Waals surface area contributed by atoms with Gasteiger partial charge in [-0.2, -0.15) is 0 Å². The Kier molecular flexibility index (Phi) is 24.4. The van der Waals surface area contributed by atoms with Gasteiger partial charge in [-0.05, 0) is 47.3 Å². The largest absolute Gasteiger partial charge is 0.412 e. The molecule has 4 atom stereocenters. The van der Waals surface area contributed by atoms with Crippen molar-refractivity contribution in [2.24, 2.45) is 47.3 Å². The van der Waals surface area contributed by atoms with Crippen LogP contribution in [0, 0.1) is 47.3 Å². The molecule has 0 aliphatic heterocycles. The van der Waals surface area contributed by atoms with E-state index in [4.69, 9.17) is 0 Å². The third-order valence-electron chi connectivity index (χ3n) is 8.31. The molecule has 3 fully saturated rings. The molecule has 3 heteroatoms. The molecule has 3 aliphatic rings. The molecule has 4 N–H and O–H groups in total. The SMILES string of the molecule is C.CC1CCC(C)C(C)C1C.CC1CCC(C)CC1.CC1CCC(C)CC1.O.O.[B]. The van der Waals surface area contributed by atoms with E-state index in [1.54, 1.807) is 0 Å². The summed E-state index contributed by atoms with van der Waals surface area (Å²) < 4.78 is 0. The van der Waals surface area contributed by atoms with Crippen LogP contribution in [0.4, 0.5) is 0 Å². The van der Waals surface area contributed by atoms with Gasteiger partial charge in [0.15, 0.2) is 0 Å². The molecular weight excluding hydrogens is 367 g/mol. The normalized spacial score (nSPS) is 37.6. The minimum Gasteiger partial charge on any atom is -0.412 e. The lowest BCUT2D eigenvalue weighted by molar-refractivity contribution is 0.137. The van der Waals surface area contributed by atoms with Crippen LogP contribution in [0.1, 0.15) is 127 Å². The highest BCUT2D eigenvalue weighted by Crippen LogP contribution is 2.37. The number of hydrogen-bond acceptors (Lipinski definition) is 0. The summed E-state index contributed by atoms with van der Waals surface area (Å²) >= 11 is 0. The van der Waals surface area contributed by atoms with E-state index in [1.165, 1.54) is 64.2 Å². The van der Waals surface area contributed by atoms with Crippen LogP contribution in [0.2, 0.25) is 0 Å². The average molecular weight is 428 g/mol. The summed E-state index contributed by atoms with van der Waals surface area (Å²) in [5.74, 6) is 7.90. The van der Waals surface area contributed by atoms with Gasteiger partial charge < -0.3 is 11.0 Å². The Labute approximate surface area is 194 Å². The van der Waals surface area contributed by atoms with Gasteiger partial charge in [-0.3, -0.25) is 0 Å². The Morgan fingerprint density at radius 3 is 0.700 bits per heavy atom. The van der Waals surface area contributed by atoms with Crippen molar-refractivity contribution < 1.29 is 11.0 Å². The molecule has 3 saturated carbocycles. The second kappa shape index (κ2) is 19.7. The van der Waals surface area contributed by atoms with Gasteiger partial charge in [0.1, 0.15) is 0 Å². The third-order valence-corrected chi connectivity index (χ3v) is 8.31. The van der Waals surface area contributed by atoms with Gasteiger partial charge in [-0.25, -0.2) is 0 Å². The van der Waals surface area contributed by atoms with Crippen molar-refractivity contribution in [3.63, 3.8) is 0 Å². The molecule has 0 aromatic rings. The van der Waals surface area contributed by atoms with Crippen LogP contribution in [0.15, 0.2) is 0 Å². The Bertz CT molecular complexity index is 293. The molecule has 3 aliphatic carbocycles. The summed E-state index contributed by atoms with van der Waals surface area (Å²) in [5, 5.41) is 0. The Morgan fingerprint density at radius 2 is 0.533 bits per heavy atom. The average Bonchev–Trinajstić information content (AvgIpc) is 2.63. The van der Waals surface area contributed by atoms with Crippen LogP contribution in [-0.4, -0.2) is 19.4 Å². The van der Waals surface area contributed by atoms with E-state index < -0.39 is 0 Å². The first kappa shape index (κ1) is 37.3. The zero-order valence-electron chi connectivity index (χ0n) is 21.3. The molecule has 0 spiro atoms. The van der Waals surface area contributed by atoms with Crippen LogP contribution in [0.25, 0.3) is 0 Å². The predicted octanol–water partition coefficient (Wildman–Crippen LogP) is 7.60. The Morgan fingerprint density at radius 1 is 0.367 bits per heavy atom. The Balaban J connectivity index is -0.000000160. The lowest BCUT2D eigenvalue weighted by atomic mass is 9.69. The van der Waals surface area contributed by atoms with Crippen LogP contribution in [-0.2, 0) is 0 Å². The summed E-state index contributed by atoms with van der Waals surface area (Å²) in [6.45, 7) is 19.1. The third kappa shape index (κ3) is 14.9. The smallest absolute Gasteiger partial charge is 0 e. The van der Waals surface area contributed by atoms with Crippen molar-refractivity contribution >= 4 is 8.41 Å². The summed E-state index contributed by atoms with van der Waals surface area (Å²) in [6, 6.07) is 0. The maximum absolute atomic E-state index is 2.41. The molecule has 0 amide bonds. The first-order valence-corrected chi connectivity index (χ1v) is 12.2. The molecule has 2 nitrogen and oxygen atoms in total. The van der Waals surface area contributed by atoms with Crippen molar-refractivity contribution in [3.05, 3.63) is 0 Å². The van der Waals surface area contributed by atoms with Crippen LogP contribution >= 0.6 is 0 Å². The van der Waals surface area contributed by atoms with Crippen LogP contribution in [0.3, 0.4) is 0 Å². The van der Waals surface area contributed by atoms with Crippen molar-refractivity contribution in [2.75, 3.05) is 0 Å². The molecule has 183 valence electrons. The molecule has 0 bridgehead atoms. The van der Waals surface area contributed by atoms with Gasteiger partial charge in [0.05, 0.1) is 0 Å². The van der Waals surface area contributed by atoms with Crippen molar-refractivity contribution in [2.45, 2.75) is 127 Å². The standard InChI is InChI=1S/C10H20.2C8H16.CH4.B.2H2O/c1-7-5-6-8(2)10(4)9(7)3;2*1-7-3-5-8(2)6-4-7;;;;/h7-10H,5-6H2,1-4H3;2*7-8H,3-6H2,1-2H3;1H4;;2*1H2. The van der Waals surface area contributed by atoms with Gasteiger partial charge >= 0.3 is 0 Å². The highest BCUT2D eigenvalue weighted by Gasteiger charge is 2.28. The predicted molar refractivity (Wildman–Crippen MR) is 139 cm³/mol. The fourth-order valence-electron chi connectivity index (χ4n) is 4.94. The zero-order chi connectivity index (χ0) is 19.7. The second-order valence-corrected chi connectivity index (χ2v) is 11.0. The molecular formula is C27H60BO2. The molecule has 3 rings (SSSR count). The minimum absolute atomic E-state index is 0. The highest BCUT2D eigenvalue weighted by molar-refractivity contribution is 5.75. The molecule has 3 radical (unpaired) electrons. The summed E-state index contributed by atoms with van der Waals surface area (Å²) in [4.78, 5) is 0. The molecule has 0 saturated heterocycles. The van der Waals surface area contributed by atoms with E-state index in [0.29, 0.717) is 0 Å². The van der Waals surface area contributed by atoms with Gasteiger partial charge in [0.25, 0.3) is 0 Å². The topological polar surface area (TPSA) is 63.0 Å². The minimum atomic E-state index is 0. The molecule has 0 heterocycles. The van der Waals surface area contributed by atoms with Crippen LogP contribution in [0.5, 0.6) is 0 Å². The number of rotatable bonds is 0. The second-order valence-electron chi connectivity index (χ2n) is 11.0. The summed E-state index contributed by atoms with van der Waals surface area (Å²) in [5.41, 5.74) is 0. The van der Waals surface area contributed by atoms with E-state index in [1.807, 2.05) is 0 Å². The first-order chi connectivity index (χ1) is 12.2. The maximum atomic E-state index is 2.41. The van der Waals surface area contributed by atoms with Crippen molar-refractivity contribution in [3.8, 4) is 0 Å². The monoisotopic (exact) mass is 427 g/mol. The molecule has 4 unspecified atom stereocenters. The van der Waals surface area contributed by atoms with Crippen molar-refractivity contribution in [1.29, 1.82) is 0 Å². The maximum Gasteiger partial charge on any atom is 0 e. The van der Waals surface area contributed by atoms with E-state index in [0.717, 1.165) is 47.3 Å². The Hall–Kier alpha value is -0.0151. The highest BCUT2D eigenvalue weighted by atomic mass is 16.0. The first-order valence-electron chi connectivity index (χ1n) is 12.2. The molecule has 0 aromatic carbocycles. The molecule has 0 aromatic heterocycles. The van der Waals surface area contributed by atoms with Crippen LogP contribution < -0.4 is 0 Å². The summed E-state index contributed by atoms with van der Waals surface area (Å²) in [7, 11) is 0. The van der Waals surface area contributed by atoms with Gasteiger partial charge in [-0.15, -0.1) is 0 Å². The van der Waals surface area contributed by atoms with E-state index >= 15 is 0 Å². The van der Waals surface area contributed by atoms with E-state index in [-0.39, 0.29) is 26.8 Å². The lowest BCUT2D eigenvalue weighted by Gasteiger charge is -2.36. The fourth-order valence-corrected chi connectivity index (χ4v) is 4.94. The molecule has 30 heavy (non-hydrogen) atoms. The van der Waals surface area contributed by atoms with Crippen molar-refractivity contribution in [1.82, 2.24) is 0 Å². The van der Waals surface area contributed by atoms with E-state index in [2.05, 4.69) is 55.4 Å². The zero-order valence-corrected chi connectivity index (χ0v) is 21.3. The summed E-state index contributed by atoms with van der Waals surface area (Å²) in [6.07, 6.45) is 14.7. The fraction of sp³-hybridized carbons (Fsp3) is 1.00. The van der Waals surface area contributed by atoms with Gasteiger partial charge in [0.2, 0.25) is 0 Å². The quantitative estimate of drug-likeness (QED) is 0.357. The van der Waals surface area contributed by atoms with Gasteiger partial charge in [-0.1, -0.05) is 127 Å². The number of hydrogen-bond donors (Lipinski definition) is 0. The lowest BCUT2D eigenvalue weighted by Crippen LogP contribution is -2.27. The van der Waals surface area contributed by atoms with E-state index in [9.17, 15) is 0 Å². The van der Waals surface area contributed by atoms with Gasteiger partial charge in [0, 0.05) is 8.41 Å².